The van der Waals surface area contributed by atoms with Crippen molar-refractivity contribution in [2.75, 3.05) is 11.9 Å². The molecule has 0 aromatic carbocycles. The molecule has 0 unspecified atom stereocenters. The van der Waals surface area contributed by atoms with Gasteiger partial charge in [0.05, 0.1) is 5.69 Å². The molecule has 1 amide bonds. The molecule has 0 saturated heterocycles. The Hall–Kier alpha value is -0.940. The van der Waals surface area contributed by atoms with E-state index in [0.717, 1.165) is 49.1 Å². The molecular weight excluding hydrogens is 258 g/mol. The smallest absolute Gasteiger partial charge is 0.229 e. The highest BCUT2D eigenvalue weighted by Gasteiger charge is 2.25. The highest BCUT2D eigenvalue weighted by molar-refractivity contribution is 7.15. The molecule has 2 N–H and O–H groups in total. The third-order valence-corrected chi connectivity index (χ3v) is 5.23. The molecule has 2 aliphatic rings. The summed E-state index contributed by atoms with van der Waals surface area (Å²) in [5, 5.41) is 7.15. The molecule has 1 aromatic rings. The van der Waals surface area contributed by atoms with Crippen LogP contribution in [-0.2, 0) is 17.8 Å². The fourth-order valence-electron chi connectivity index (χ4n) is 2.91. The lowest BCUT2D eigenvalue weighted by atomic mass is 9.82. The van der Waals surface area contributed by atoms with Crippen LogP contribution in [0.5, 0.6) is 0 Å². The standard InChI is InChI=1S/C14H21N3OS/c1-9-2-4-10(5-3-9)13(18)17-14-16-11-6-7-15-8-12(11)19-14/h9-10,15H,2-8H2,1H3,(H,16,17,18). The zero-order chi connectivity index (χ0) is 13.2. The number of nitrogens with one attached hydrogen (secondary N) is 2. The number of thiazole rings is 1. The molecule has 104 valence electrons. The Balaban J connectivity index is 1.61. The quantitative estimate of drug-likeness (QED) is 0.875. The van der Waals surface area contributed by atoms with Gasteiger partial charge >= 0.3 is 0 Å². The first kappa shape index (κ1) is 13.1. The van der Waals surface area contributed by atoms with Crippen molar-refractivity contribution >= 4 is 22.4 Å². The summed E-state index contributed by atoms with van der Waals surface area (Å²) >= 11 is 1.62. The van der Waals surface area contributed by atoms with E-state index in [1.807, 2.05) is 0 Å². The minimum atomic E-state index is 0.172. The van der Waals surface area contributed by atoms with Crippen LogP contribution in [0.3, 0.4) is 0 Å². The van der Waals surface area contributed by atoms with Crippen LogP contribution in [-0.4, -0.2) is 17.4 Å². The van der Waals surface area contributed by atoms with Crippen LogP contribution < -0.4 is 10.6 Å². The van der Waals surface area contributed by atoms with Crippen molar-refractivity contribution in [3.05, 3.63) is 10.6 Å². The van der Waals surface area contributed by atoms with E-state index >= 15 is 0 Å². The van der Waals surface area contributed by atoms with Crippen molar-refractivity contribution in [2.45, 2.75) is 45.6 Å². The number of aromatic nitrogens is 1. The van der Waals surface area contributed by atoms with Crippen molar-refractivity contribution in [3.63, 3.8) is 0 Å². The molecule has 0 atom stereocenters. The van der Waals surface area contributed by atoms with Crippen LogP contribution in [0.4, 0.5) is 5.13 Å². The Kier molecular flexibility index (Phi) is 3.84. The van der Waals surface area contributed by atoms with Gasteiger partial charge in [0, 0.05) is 30.3 Å². The van der Waals surface area contributed by atoms with E-state index in [9.17, 15) is 4.79 Å². The summed E-state index contributed by atoms with van der Waals surface area (Å²) in [5.41, 5.74) is 1.16. The molecule has 1 fully saturated rings. The maximum atomic E-state index is 12.2. The molecule has 4 nitrogen and oxygen atoms in total. The van der Waals surface area contributed by atoms with Crippen molar-refractivity contribution < 1.29 is 4.79 Å². The van der Waals surface area contributed by atoms with Gasteiger partial charge < -0.3 is 10.6 Å². The van der Waals surface area contributed by atoms with Gasteiger partial charge in [0.1, 0.15) is 0 Å². The second kappa shape index (κ2) is 5.59. The van der Waals surface area contributed by atoms with Gasteiger partial charge in [-0.3, -0.25) is 4.79 Å². The lowest BCUT2D eigenvalue weighted by molar-refractivity contribution is -0.121. The Morgan fingerprint density at radius 1 is 1.37 bits per heavy atom. The number of carbonyl (C=O) groups excluding carboxylic acids is 1. The second-order valence-corrected chi connectivity index (χ2v) is 6.85. The summed E-state index contributed by atoms with van der Waals surface area (Å²) < 4.78 is 0. The molecule has 0 radical (unpaired) electrons. The van der Waals surface area contributed by atoms with Crippen LogP contribution in [0.1, 0.15) is 43.2 Å². The van der Waals surface area contributed by atoms with Crippen LogP contribution in [0.15, 0.2) is 0 Å². The fourth-order valence-corrected chi connectivity index (χ4v) is 3.89. The zero-order valence-corrected chi connectivity index (χ0v) is 12.2. The first-order valence-corrected chi connectivity index (χ1v) is 8.04. The van der Waals surface area contributed by atoms with E-state index in [0.29, 0.717) is 0 Å². The number of fused-ring (bicyclic) bond motifs is 1. The Bertz CT molecular complexity index is 440. The van der Waals surface area contributed by atoms with Gasteiger partial charge in [0.25, 0.3) is 0 Å². The average molecular weight is 279 g/mol. The first-order valence-electron chi connectivity index (χ1n) is 7.22. The molecule has 1 aromatic heterocycles. The van der Waals surface area contributed by atoms with Crippen molar-refractivity contribution in [3.8, 4) is 0 Å². The molecular formula is C14H21N3OS. The topological polar surface area (TPSA) is 54.0 Å². The Morgan fingerprint density at radius 2 is 2.16 bits per heavy atom. The minimum Gasteiger partial charge on any atom is -0.311 e. The molecule has 0 bridgehead atoms. The van der Waals surface area contributed by atoms with E-state index in [4.69, 9.17) is 0 Å². The van der Waals surface area contributed by atoms with Crippen molar-refractivity contribution in [2.24, 2.45) is 11.8 Å². The number of hydrogen-bond acceptors (Lipinski definition) is 4. The number of carbonyl (C=O) groups is 1. The molecule has 3 rings (SSSR count). The lowest BCUT2D eigenvalue weighted by Crippen LogP contribution is -2.26. The highest BCUT2D eigenvalue weighted by atomic mass is 32.1. The predicted molar refractivity (Wildman–Crippen MR) is 77.3 cm³/mol. The monoisotopic (exact) mass is 279 g/mol. The van der Waals surface area contributed by atoms with Crippen LogP contribution in [0, 0.1) is 11.8 Å². The van der Waals surface area contributed by atoms with Crippen LogP contribution in [0.2, 0.25) is 0 Å². The van der Waals surface area contributed by atoms with Gasteiger partial charge in [0.2, 0.25) is 5.91 Å². The van der Waals surface area contributed by atoms with E-state index in [1.54, 1.807) is 11.3 Å². The molecule has 1 aliphatic heterocycles. The normalized spacial score (nSPS) is 26.8. The Morgan fingerprint density at radius 3 is 2.89 bits per heavy atom. The van der Waals surface area contributed by atoms with Crippen LogP contribution in [0.25, 0.3) is 0 Å². The molecule has 1 saturated carbocycles. The van der Waals surface area contributed by atoms with Crippen molar-refractivity contribution in [1.29, 1.82) is 0 Å². The van der Waals surface area contributed by atoms with Gasteiger partial charge in [-0.25, -0.2) is 4.98 Å². The number of nitrogens with zero attached hydrogens (tertiary/aromatic N) is 1. The molecule has 5 heteroatoms. The number of hydrogen-bond donors (Lipinski definition) is 2. The number of anilines is 1. The van der Waals surface area contributed by atoms with Gasteiger partial charge in [-0.05, 0) is 31.6 Å². The third-order valence-electron chi connectivity index (χ3n) is 4.22. The van der Waals surface area contributed by atoms with Crippen LogP contribution >= 0.6 is 11.3 Å². The summed E-state index contributed by atoms with van der Waals surface area (Å²) in [5.74, 6) is 1.14. The van der Waals surface area contributed by atoms with Gasteiger partial charge in [-0.15, -0.1) is 11.3 Å². The first-order chi connectivity index (χ1) is 9.22. The molecule has 2 heterocycles. The van der Waals surface area contributed by atoms with E-state index in [-0.39, 0.29) is 11.8 Å². The second-order valence-electron chi connectivity index (χ2n) is 5.76. The van der Waals surface area contributed by atoms with E-state index in [2.05, 4.69) is 22.5 Å². The van der Waals surface area contributed by atoms with Gasteiger partial charge in [0.15, 0.2) is 5.13 Å². The number of rotatable bonds is 2. The summed E-state index contributed by atoms with van der Waals surface area (Å²) in [6.07, 6.45) is 5.38. The van der Waals surface area contributed by atoms with Gasteiger partial charge in [-0.1, -0.05) is 6.92 Å². The third kappa shape index (κ3) is 2.98. The maximum absolute atomic E-state index is 12.2. The average Bonchev–Trinajstić information content (AvgIpc) is 2.81. The summed E-state index contributed by atoms with van der Waals surface area (Å²) in [7, 11) is 0. The summed E-state index contributed by atoms with van der Waals surface area (Å²) in [6, 6.07) is 0. The fraction of sp³-hybridized carbons (Fsp3) is 0.714. The molecule has 1 aliphatic carbocycles. The van der Waals surface area contributed by atoms with E-state index < -0.39 is 0 Å². The van der Waals surface area contributed by atoms with E-state index in [1.165, 1.54) is 17.7 Å². The van der Waals surface area contributed by atoms with Gasteiger partial charge in [-0.2, -0.15) is 0 Å². The number of amides is 1. The van der Waals surface area contributed by atoms with Crippen molar-refractivity contribution in [1.82, 2.24) is 10.3 Å². The highest BCUT2D eigenvalue weighted by Crippen LogP contribution is 2.30. The molecule has 0 spiro atoms. The maximum Gasteiger partial charge on any atom is 0.229 e. The Labute approximate surface area is 118 Å². The summed E-state index contributed by atoms with van der Waals surface area (Å²) in [4.78, 5) is 18.1. The SMILES string of the molecule is CC1CCC(C(=O)Nc2nc3c(s2)CNCC3)CC1. The predicted octanol–water partition coefficient (Wildman–Crippen LogP) is 2.55. The minimum absolute atomic E-state index is 0.172. The lowest BCUT2D eigenvalue weighted by Gasteiger charge is -2.24. The largest absolute Gasteiger partial charge is 0.311 e. The molecule has 19 heavy (non-hydrogen) atoms. The summed E-state index contributed by atoms with van der Waals surface area (Å²) in [6.45, 7) is 4.16. The zero-order valence-electron chi connectivity index (χ0n) is 11.4.